The summed E-state index contributed by atoms with van der Waals surface area (Å²) in [5.74, 6) is -0.780. The molecule has 0 spiro atoms. The maximum Gasteiger partial charge on any atom is 0.286 e. The Labute approximate surface area is 136 Å². The van der Waals surface area contributed by atoms with Crippen LogP contribution in [0.1, 0.15) is 32.2 Å². The molecule has 0 aliphatic heterocycles. The number of amides is 2. The molecule has 0 aromatic carbocycles. The number of aromatic amines is 1. The lowest BCUT2D eigenvalue weighted by atomic mass is 10.2. The average molecular weight is 329 g/mol. The molecule has 3 rings (SSSR count). The summed E-state index contributed by atoms with van der Waals surface area (Å²) < 4.78 is 1.91. The summed E-state index contributed by atoms with van der Waals surface area (Å²) in [5, 5.41) is 2.68. The molecule has 0 fully saturated rings. The van der Waals surface area contributed by atoms with Crippen LogP contribution in [-0.4, -0.2) is 26.3 Å². The number of hydrazine groups is 1. The van der Waals surface area contributed by atoms with Crippen LogP contribution in [0.3, 0.4) is 0 Å². The second-order valence-corrected chi connectivity index (χ2v) is 5.80. The summed E-state index contributed by atoms with van der Waals surface area (Å²) in [5.41, 5.74) is 7.34. The molecule has 2 amide bonds. The molecule has 118 valence electrons. The minimum absolute atomic E-state index is 0.374. The summed E-state index contributed by atoms with van der Waals surface area (Å²) in [4.78, 5) is 31.2. The number of aromatic nitrogens is 3. The number of thiazole rings is 1. The van der Waals surface area contributed by atoms with Crippen molar-refractivity contribution in [3.63, 3.8) is 0 Å². The smallest absolute Gasteiger partial charge is 0.286 e. The van der Waals surface area contributed by atoms with Crippen LogP contribution in [0.25, 0.3) is 5.13 Å². The van der Waals surface area contributed by atoms with Gasteiger partial charge in [0.05, 0.1) is 5.56 Å². The van der Waals surface area contributed by atoms with Crippen molar-refractivity contribution in [3.05, 3.63) is 58.6 Å². The largest absolute Gasteiger partial charge is 0.357 e. The molecule has 3 N–H and O–H groups in total. The quantitative estimate of drug-likeness (QED) is 0.641. The molecule has 0 saturated carbocycles. The lowest BCUT2D eigenvalue weighted by molar-refractivity contribution is 0.0844. The molecule has 3 aromatic rings. The first-order valence-corrected chi connectivity index (χ1v) is 7.79. The lowest BCUT2D eigenvalue weighted by Gasteiger charge is -2.07. The molecule has 0 bridgehead atoms. The molecule has 3 heterocycles. The highest BCUT2D eigenvalue weighted by molar-refractivity contribution is 7.12. The van der Waals surface area contributed by atoms with Crippen LogP contribution in [-0.2, 0) is 0 Å². The van der Waals surface area contributed by atoms with E-state index in [9.17, 15) is 9.59 Å². The fourth-order valence-corrected chi connectivity index (χ4v) is 3.08. The van der Waals surface area contributed by atoms with Crippen molar-refractivity contribution in [2.24, 2.45) is 0 Å². The number of hydrogen-bond acceptors (Lipinski definition) is 4. The number of H-pyrrole nitrogens is 1. The molecule has 0 saturated heterocycles. The van der Waals surface area contributed by atoms with Crippen LogP contribution in [0.15, 0.2) is 36.0 Å². The van der Waals surface area contributed by atoms with Gasteiger partial charge in [0.25, 0.3) is 11.8 Å². The number of carbonyl (C=O) groups is 2. The number of nitrogens with one attached hydrogen (secondary N) is 3. The second-order valence-electron chi connectivity index (χ2n) is 4.93. The minimum Gasteiger partial charge on any atom is -0.357 e. The highest BCUT2D eigenvalue weighted by Gasteiger charge is 2.18. The lowest BCUT2D eigenvalue weighted by Crippen LogP contribution is -2.41. The Balaban J connectivity index is 1.76. The Kier molecular flexibility index (Phi) is 3.98. The number of aryl methyl sites for hydroxylation is 1. The molecule has 0 unspecified atom stereocenters. The average Bonchev–Trinajstić information content (AvgIpc) is 3.25. The second kappa shape index (κ2) is 6.09. The predicted molar refractivity (Wildman–Crippen MR) is 86.6 cm³/mol. The van der Waals surface area contributed by atoms with Crippen LogP contribution in [0.2, 0.25) is 0 Å². The van der Waals surface area contributed by atoms with Gasteiger partial charge >= 0.3 is 0 Å². The molecular weight excluding hydrogens is 314 g/mol. The first-order chi connectivity index (χ1) is 11.1. The Morgan fingerprint density at radius 2 is 2.04 bits per heavy atom. The first-order valence-electron chi connectivity index (χ1n) is 6.91. The van der Waals surface area contributed by atoms with Gasteiger partial charge in [-0.25, -0.2) is 4.98 Å². The molecule has 3 aromatic heterocycles. The Morgan fingerprint density at radius 1 is 1.26 bits per heavy atom. The van der Waals surface area contributed by atoms with Crippen molar-refractivity contribution in [1.29, 1.82) is 0 Å². The van der Waals surface area contributed by atoms with Gasteiger partial charge in [0.2, 0.25) is 0 Å². The summed E-state index contributed by atoms with van der Waals surface area (Å²) in [6.45, 7) is 3.75. The van der Waals surface area contributed by atoms with E-state index in [1.165, 1.54) is 11.3 Å². The van der Waals surface area contributed by atoms with Gasteiger partial charge in [0.1, 0.15) is 5.69 Å². The fraction of sp³-hybridized carbons (Fsp3) is 0.133. The van der Waals surface area contributed by atoms with Gasteiger partial charge in [0.15, 0.2) is 5.13 Å². The van der Waals surface area contributed by atoms with Crippen molar-refractivity contribution >= 4 is 23.2 Å². The van der Waals surface area contributed by atoms with Gasteiger partial charge < -0.3 is 4.98 Å². The number of hydrogen-bond donors (Lipinski definition) is 3. The van der Waals surface area contributed by atoms with Crippen molar-refractivity contribution in [2.45, 2.75) is 13.8 Å². The summed E-state index contributed by atoms with van der Waals surface area (Å²) >= 11 is 1.49. The standard InChI is InChI=1S/C15H15N5O2S/c1-9-8-11(10(2)20(9)15-17-6-7-23-15)13(21)18-19-14(22)12-4-3-5-16-12/h3-8,16H,1-2H3,(H,18,21)(H,19,22). The molecular formula is C15H15N5O2S. The van der Waals surface area contributed by atoms with Crippen LogP contribution in [0, 0.1) is 13.8 Å². The maximum absolute atomic E-state index is 12.3. The normalized spacial score (nSPS) is 10.5. The van der Waals surface area contributed by atoms with Gasteiger partial charge in [0, 0.05) is 29.2 Å². The van der Waals surface area contributed by atoms with Crippen LogP contribution >= 0.6 is 11.3 Å². The van der Waals surface area contributed by atoms with E-state index in [0.29, 0.717) is 11.3 Å². The van der Waals surface area contributed by atoms with E-state index in [0.717, 1.165) is 16.5 Å². The van der Waals surface area contributed by atoms with Gasteiger partial charge in [-0.05, 0) is 32.0 Å². The third-order valence-electron chi connectivity index (χ3n) is 3.42. The van der Waals surface area contributed by atoms with E-state index in [1.54, 1.807) is 30.6 Å². The van der Waals surface area contributed by atoms with Gasteiger partial charge in [-0.1, -0.05) is 0 Å². The van der Waals surface area contributed by atoms with Crippen molar-refractivity contribution in [3.8, 4) is 5.13 Å². The molecule has 0 atom stereocenters. The summed E-state index contributed by atoms with van der Waals surface area (Å²) in [6, 6.07) is 5.10. The molecule has 7 nitrogen and oxygen atoms in total. The zero-order chi connectivity index (χ0) is 16.4. The van der Waals surface area contributed by atoms with Crippen LogP contribution < -0.4 is 10.9 Å². The van der Waals surface area contributed by atoms with E-state index in [2.05, 4.69) is 20.8 Å². The Hall–Kier alpha value is -2.87. The van der Waals surface area contributed by atoms with E-state index in [-0.39, 0.29) is 5.91 Å². The zero-order valence-electron chi connectivity index (χ0n) is 12.6. The van der Waals surface area contributed by atoms with E-state index >= 15 is 0 Å². The van der Waals surface area contributed by atoms with E-state index in [4.69, 9.17) is 0 Å². The number of rotatable bonds is 3. The molecule has 0 radical (unpaired) electrons. The minimum atomic E-state index is -0.405. The van der Waals surface area contributed by atoms with Crippen molar-refractivity contribution in [1.82, 2.24) is 25.4 Å². The third-order valence-corrected chi connectivity index (χ3v) is 4.18. The van der Waals surface area contributed by atoms with Crippen LogP contribution in [0.5, 0.6) is 0 Å². The number of nitrogens with zero attached hydrogens (tertiary/aromatic N) is 2. The van der Waals surface area contributed by atoms with Gasteiger partial charge in [-0.15, -0.1) is 11.3 Å². The number of carbonyl (C=O) groups excluding carboxylic acids is 2. The molecule has 0 aliphatic rings. The van der Waals surface area contributed by atoms with E-state index < -0.39 is 5.91 Å². The highest BCUT2D eigenvalue weighted by atomic mass is 32.1. The fourth-order valence-electron chi connectivity index (χ4n) is 2.33. The monoisotopic (exact) mass is 329 g/mol. The maximum atomic E-state index is 12.3. The molecule has 8 heteroatoms. The SMILES string of the molecule is Cc1cc(C(=O)NNC(=O)c2ccc[nH]2)c(C)n1-c1nccs1. The predicted octanol–water partition coefficient (Wildman–Crippen LogP) is 1.95. The zero-order valence-corrected chi connectivity index (χ0v) is 13.4. The van der Waals surface area contributed by atoms with Crippen LogP contribution in [0.4, 0.5) is 0 Å². The molecule has 0 aliphatic carbocycles. The first kappa shape index (κ1) is 15.0. The topological polar surface area (TPSA) is 91.8 Å². The van der Waals surface area contributed by atoms with Gasteiger partial charge in [-0.2, -0.15) is 0 Å². The van der Waals surface area contributed by atoms with Crippen molar-refractivity contribution < 1.29 is 9.59 Å². The Bertz CT molecular complexity index is 834. The molecule has 23 heavy (non-hydrogen) atoms. The summed E-state index contributed by atoms with van der Waals surface area (Å²) in [7, 11) is 0. The Morgan fingerprint density at radius 3 is 2.70 bits per heavy atom. The third kappa shape index (κ3) is 2.88. The highest BCUT2D eigenvalue weighted by Crippen LogP contribution is 2.22. The van der Waals surface area contributed by atoms with Crippen molar-refractivity contribution in [2.75, 3.05) is 0 Å². The summed E-state index contributed by atoms with van der Waals surface area (Å²) in [6.07, 6.45) is 3.35. The van der Waals surface area contributed by atoms with Gasteiger partial charge in [-0.3, -0.25) is 25.0 Å². The van der Waals surface area contributed by atoms with E-state index in [1.807, 2.05) is 23.8 Å².